The molecular weight excluding hydrogens is 342 g/mol. The lowest BCUT2D eigenvalue weighted by Gasteiger charge is -2.38. The number of carboxylic acid groups (broad SMARTS) is 2. The maximum atomic E-state index is 11.9. The van der Waals surface area contributed by atoms with Gasteiger partial charge < -0.3 is 30.1 Å². The first-order valence-electron chi connectivity index (χ1n) is 8.47. The topological polar surface area (TPSA) is 119 Å². The second-order valence-electron chi connectivity index (χ2n) is 6.28. The SMILES string of the molecule is O=C1NCCc2c(OCC[C@@H]3CN(C(=O)O)CCN3C(=O)O)cccc21. The van der Waals surface area contributed by atoms with Crippen LogP contribution < -0.4 is 10.1 Å². The van der Waals surface area contributed by atoms with Gasteiger partial charge in [-0.3, -0.25) is 4.79 Å². The molecule has 9 nitrogen and oxygen atoms in total. The Morgan fingerprint density at radius 2 is 2.04 bits per heavy atom. The second-order valence-corrected chi connectivity index (χ2v) is 6.28. The molecule has 140 valence electrons. The first kappa shape index (κ1) is 17.8. The average molecular weight is 363 g/mol. The summed E-state index contributed by atoms with van der Waals surface area (Å²) in [5.74, 6) is 0.489. The minimum Gasteiger partial charge on any atom is -0.493 e. The number of nitrogens with one attached hydrogen (secondary N) is 1. The van der Waals surface area contributed by atoms with E-state index in [0.717, 1.165) is 5.56 Å². The Balaban J connectivity index is 1.64. The molecule has 2 aliphatic rings. The number of amides is 3. The molecular formula is C17H21N3O6. The van der Waals surface area contributed by atoms with Crippen molar-refractivity contribution in [3.63, 3.8) is 0 Å². The molecule has 3 N–H and O–H groups in total. The molecule has 9 heteroatoms. The van der Waals surface area contributed by atoms with Gasteiger partial charge in [0.15, 0.2) is 0 Å². The van der Waals surface area contributed by atoms with Crippen LogP contribution in [0.2, 0.25) is 0 Å². The predicted molar refractivity (Wildman–Crippen MR) is 90.7 cm³/mol. The van der Waals surface area contributed by atoms with E-state index in [1.165, 1.54) is 9.80 Å². The van der Waals surface area contributed by atoms with E-state index in [4.69, 9.17) is 9.84 Å². The quantitative estimate of drug-likeness (QED) is 0.736. The third-order valence-electron chi connectivity index (χ3n) is 4.75. The summed E-state index contributed by atoms with van der Waals surface area (Å²) in [7, 11) is 0. The zero-order valence-corrected chi connectivity index (χ0v) is 14.2. The standard InChI is InChI=1S/C17H21N3O6/c21-15-13-2-1-3-14(12(13)4-6-18-15)26-9-5-11-10-19(16(22)23)7-8-20(11)17(24)25/h1-3,11H,4-10H2,(H,18,21)(H,22,23)(H,24,25)/t11-/m1/s1. The Kier molecular flexibility index (Phi) is 5.15. The van der Waals surface area contributed by atoms with Crippen molar-refractivity contribution in [3.05, 3.63) is 29.3 Å². The Hall–Kier alpha value is -2.97. The van der Waals surface area contributed by atoms with Gasteiger partial charge in [-0.15, -0.1) is 0 Å². The maximum absolute atomic E-state index is 11.9. The van der Waals surface area contributed by atoms with Gasteiger partial charge in [-0.1, -0.05) is 6.07 Å². The van der Waals surface area contributed by atoms with Crippen LogP contribution in [0, 0.1) is 0 Å². The lowest BCUT2D eigenvalue weighted by atomic mass is 9.99. The molecule has 26 heavy (non-hydrogen) atoms. The van der Waals surface area contributed by atoms with Gasteiger partial charge in [0.1, 0.15) is 5.75 Å². The number of hydrogen-bond acceptors (Lipinski definition) is 4. The molecule has 2 aliphatic heterocycles. The van der Waals surface area contributed by atoms with Gasteiger partial charge in [-0.25, -0.2) is 9.59 Å². The number of piperazine rings is 1. The highest BCUT2D eigenvalue weighted by atomic mass is 16.5. The summed E-state index contributed by atoms with van der Waals surface area (Å²) in [6, 6.07) is 4.82. The van der Waals surface area contributed by atoms with Crippen molar-refractivity contribution in [3.8, 4) is 5.75 Å². The van der Waals surface area contributed by atoms with Crippen LogP contribution in [0.1, 0.15) is 22.3 Å². The zero-order valence-electron chi connectivity index (χ0n) is 14.2. The molecule has 1 atom stereocenters. The van der Waals surface area contributed by atoms with Gasteiger partial charge in [-0.05, 0) is 18.6 Å². The molecule has 1 saturated heterocycles. The number of benzene rings is 1. The van der Waals surface area contributed by atoms with Crippen molar-refractivity contribution in [2.45, 2.75) is 18.9 Å². The number of nitrogens with zero attached hydrogens (tertiary/aromatic N) is 2. The van der Waals surface area contributed by atoms with Gasteiger partial charge in [-0.2, -0.15) is 0 Å². The number of ether oxygens (including phenoxy) is 1. The molecule has 0 unspecified atom stereocenters. The van der Waals surface area contributed by atoms with Crippen LogP contribution in [0.15, 0.2) is 18.2 Å². The first-order valence-corrected chi connectivity index (χ1v) is 8.47. The van der Waals surface area contributed by atoms with Gasteiger partial charge in [0.25, 0.3) is 5.91 Å². The van der Waals surface area contributed by atoms with Crippen LogP contribution in [0.25, 0.3) is 0 Å². The Labute approximate surface area is 150 Å². The molecule has 0 aromatic heterocycles. The van der Waals surface area contributed by atoms with E-state index in [9.17, 15) is 19.5 Å². The number of hydrogen-bond donors (Lipinski definition) is 3. The van der Waals surface area contributed by atoms with E-state index < -0.39 is 18.2 Å². The second kappa shape index (κ2) is 7.51. The summed E-state index contributed by atoms with van der Waals surface area (Å²) in [4.78, 5) is 36.9. The lowest BCUT2D eigenvalue weighted by Crippen LogP contribution is -2.56. The van der Waals surface area contributed by atoms with E-state index in [-0.39, 0.29) is 32.1 Å². The summed E-state index contributed by atoms with van der Waals surface area (Å²) < 4.78 is 5.81. The molecule has 3 rings (SSSR count). The zero-order chi connectivity index (χ0) is 18.7. The largest absolute Gasteiger partial charge is 0.493 e. The van der Waals surface area contributed by atoms with E-state index in [0.29, 0.717) is 30.7 Å². The number of fused-ring (bicyclic) bond motifs is 1. The Morgan fingerprint density at radius 3 is 2.77 bits per heavy atom. The highest BCUT2D eigenvalue weighted by Crippen LogP contribution is 2.25. The van der Waals surface area contributed by atoms with Gasteiger partial charge in [0.2, 0.25) is 0 Å². The van der Waals surface area contributed by atoms with Crippen LogP contribution in [0.3, 0.4) is 0 Å². The first-order chi connectivity index (χ1) is 12.5. The van der Waals surface area contributed by atoms with Crippen molar-refractivity contribution in [2.75, 3.05) is 32.8 Å². The highest BCUT2D eigenvalue weighted by molar-refractivity contribution is 5.97. The summed E-state index contributed by atoms with van der Waals surface area (Å²) in [6.07, 6.45) is -1.07. The third kappa shape index (κ3) is 3.66. The van der Waals surface area contributed by atoms with Gasteiger partial charge in [0, 0.05) is 43.7 Å². The molecule has 1 aromatic carbocycles. The van der Waals surface area contributed by atoms with Gasteiger partial charge in [0.05, 0.1) is 12.6 Å². The Bertz CT molecular complexity index is 722. The normalized spacial score (nSPS) is 19.5. The molecule has 0 aliphatic carbocycles. The van der Waals surface area contributed by atoms with Crippen LogP contribution in [0.4, 0.5) is 9.59 Å². The number of rotatable bonds is 4. The average Bonchev–Trinajstić information content (AvgIpc) is 2.62. The summed E-state index contributed by atoms with van der Waals surface area (Å²) in [5, 5.41) is 21.2. The highest BCUT2D eigenvalue weighted by Gasteiger charge is 2.32. The predicted octanol–water partition coefficient (Wildman–Crippen LogP) is 1.08. The molecule has 0 spiro atoms. The van der Waals surface area contributed by atoms with Crippen molar-refractivity contribution in [1.82, 2.24) is 15.1 Å². The van der Waals surface area contributed by atoms with E-state index in [1.807, 2.05) is 0 Å². The molecule has 2 heterocycles. The molecule has 0 bridgehead atoms. The molecule has 0 radical (unpaired) electrons. The minimum atomic E-state index is -1.06. The van der Waals surface area contributed by atoms with Crippen molar-refractivity contribution in [2.24, 2.45) is 0 Å². The van der Waals surface area contributed by atoms with Crippen LogP contribution >= 0.6 is 0 Å². The molecule has 3 amide bonds. The summed E-state index contributed by atoms with van der Waals surface area (Å²) in [5.41, 5.74) is 1.44. The fourth-order valence-electron chi connectivity index (χ4n) is 3.40. The summed E-state index contributed by atoms with van der Waals surface area (Å²) >= 11 is 0. The van der Waals surface area contributed by atoms with Crippen molar-refractivity contribution in [1.29, 1.82) is 0 Å². The summed E-state index contributed by atoms with van der Waals surface area (Å²) in [6.45, 7) is 1.23. The van der Waals surface area contributed by atoms with E-state index >= 15 is 0 Å². The fourth-order valence-corrected chi connectivity index (χ4v) is 3.40. The molecule has 0 saturated carbocycles. The van der Waals surface area contributed by atoms with Crippen LogP contribution in [0.5, 0.6) is 5.75 Å². The van der Waals surface area contributed by atoms with Gasteiger partial charge >= 0.3 is 12.2 Å². The third-order valence-corrected chi connectivity index (χ3v) is 4.75. The molecule has 1 fully saturated rings. The monoisotopic (exact) mass is 363 g/mol. The Morgan fingerprint density at radius 1 is 1.23 bits per heavy atom. The van der Waals surface area contributed by atoms with Crippen LogP contribution in [-0.4, -0.2) is 76.9 Å². The maximum Gasteiger partial charge on any atom is 0.407 e. The van der Waals surface area contributed by atoms with E-state index in [1.54, 1.807) is 18.2 Å². The lowest BCUT2D eigenvalue weighted by molar-refractivity contribution is 0.0562. The molecule has 1 aromatic rings. The number of carbonyl (C=O) groups is 3. The van der Waals surface area contributed by atoms with Crippen LogP contribution in [-0.2, 0) is 6.42 Å². The van der Waals surface area contributed by atoms with Crippen molar-refractivity contribution < 1.29 is 29.3 Å². The fraction of sp³-hybridized carbons (Fsp3) is 0.471. The smallest absolute Gasteiger partial charge is 0.407 e. The number of carbonyl (C=O) groups excluding carboxylic acids is 1. The minimum absolute atomic E-state index is 0.125. The van der Waals surface area contributed by atoms with Crippen molar-refractivity contribution >= 4 is 18.1 Å². The van der Waals surface area contributed by atoms with E-state index in [2.05, 4.69) is 5.32 Å².